The molecule has 0 aromatic heterocycles. The summed E-state index contributed by atoms with van der Waals surface area (Å²) in [7, 11) is -3.39. The number of nitrogens with one attached hydrogen (secondary N) is 1. The lowest BCUT2D eigenvalue weighted by molar-refractivity contribution is -0.386. The first-order valence-electron chi connectivity index (χ1n) is 13.9. The van der Waals surface area contributed by atoms with E-state index in [4.69, 9.17) is 9.26 Å². The summed E-state index contributed by atoms with van der Waals surface area (Å²) in [4.78, 5) is 37.6. The number of hydrogen-bond acceptors (Lipinski definition) is 7. The summed E-state index contributed by atoms with van der Waals surface area (Å²) in [5.74, 6) is -1.97. The van der Waals surface area contributed by atoms with E-state index in [9.17, 15) is 18.9 Å². The number of carbonyl (C=O) groups is 3. The summed E-state index contributed by atoms with van der Waals surface area (Å²) in [6.07, 6.45) is 0.232. The minimum absolute atomic E-state index is 0.0551. The van der Waals surface area contributed by atoms with Crippen molar-refractivity contribution in [3.8, 4) is 11.1 Å². The fourth-order valence-electron chi connectivity index (χ4n) is 4.28. The van der Waals surface area contributed by atoms with Gasteiger partial charge in [-0.05, 0) is 42.5 Å². The summed E-state index contributed by atoms with van der Waals surface area (Å²) in [5.41, 5.74) is 7.80. The summed E-state index contributed by atoms with van der Waals surface area (Å²) in [6.45, 7) is 4.92. The van der Waals surface area contributed by atoms with Crippen molar-refractivity contribution in [2.75, 3.05) is 18.5 Å². The molecule has 4 N–H and O–H groups in total. The van der Waals surface area contributed by atoms with Crippen LogP contribution >= 0.6 is 19.1 Å². The number of carbonyl (C=O) groups excluding carboxylic acids is 3. The highest BCUT2D eigenvalue weighted by atomic mass is 32.2. The quantitative estimate of drug-likeness (QED) is 0.142. The average Bonchev–Trinajstić information content (AvgIpc) is 2.99. The Kier molecular flexibility index (Phi) is 13.0. The van der Waals surface area contributed by atoms with E-state index in [-0.39, 0.29) is 30.9 Å². The second-order valence-corrected chi connectivity index (χ2v) is 14.4. The summed E-state index contributed by atoms with van der Waals surface area (Å²) in [5, 5.41) is 2.70. The molecule has 4 atom stereocenters. The van der Waals surface area contributed by atoms with Crippen molar-refractivity contribution in [3.05, 3.63) is 96.1 Å². The van der Waals surface area contributed by atoms with Gasteiger partial charge in [0.05, 0.1) is 12.5 Å². The SMILES string of the molecule is CC(=O)SCCOP(=O)(C[C@H](Cc1ccc(-c2ccccc2)cc1)C(=O)N[C@@H](C)C(=O)OCc1ccccc1)[C@H](C)[NH3+]. The second kappa shape index (κ2) is 16.4. The van der Waals surface area contributed by atoms with Crippen molar-refractivity contribution < 1.29 is 33.9 Å². The van der Waals surface area contributed by atoms with Crippen molar-refractivity contribution in [2.45, 2.75) is 45.6 Å². The van der Waals surface area contributed by atoms with E-state index in [1.165, 1.54) is 6.92 Å². The predicted octanol–water partition coefficient (Wildman–Crippen LogP) is 4.92. The Labute approximate surface area is 252 Å². The van der Waals surface area contributed by atoms with Crippen LogP contribution in [0.15, 0.2) is 84.9 Å². The molecule has 0 aliphatic carbocycles. The lowest BCUT2D eigenvalue weighted by atomic mass is 9.97. The number of amides is 1. The van der Waals surface area contributed by atoms with E-state index in [0.717, 1.165) is 34.0 Å². The van der Waals surface area contributed by atoms with E-state index in [2.05, 4.69) is 11.1 Å². The lowest BCUT2D eigenvalue weighted by Crippen LogP contribution is -2.59. The smallest absolute Gasteiger partial charge is 0.328 e. The van der Waals surface area contributed by atoms with E-state index in [0.29, 0.717) is 5.75 Å². The number of rotatable bonds is 15. The van der Waals surface area contributed by atoms with Crippen LogP contribution in [0.4, 0.5) is 0 Å². The van der Waals surface area contributed by atoms with Crippen LogP contribution in [-0.4, -0.2) is 47.3 Å². The molecular weight excluding hydrogens is 571 g/mol. The number of ether oxygens (including phenoxy) is 1. The number of benzene rings is 3. The molecule has 3 aromatic carbocycles. The zero-order valence-corrected chi connectivity index (χ0v) is 26.1. The van der Waals surface area contributed by atoms with Crippen LogP contribution in [0.25, 0.3) is 11.1 Å². The van der Waals surface area contributed by atoms with Gasteiger partial charge in [0.25, 0.3) is 7.37 Å². The van der Waals surface area contributed by atoms with E-state index in [1.807, 2.05) is 84.9 Å². The molecule has 0 aliphatic heterocycles. The summed E-state index contributed by atoms with van der Waals surface area (Å²) < 4.78 is 25.2. The van der Waals surface area contributed by atoms with Crippen molar-refractivity contribution in [2.24, 2.45) is 5.92 Å². The Morgan fingerprint density at radius 2 is 1.48 bits per heavy atom. The van der Waals surface area contributed by atoms with Gasteiger partial charge in [-0.2, -0.15) is 0 Å². The van der Waals surface area contributed by atoms with Gasteiger partial charge < -0.3 is 20.3 Å². The highest BCUT2D eigenvalue weighted by Gasteiger charge is 2.38. The predicted molar refractivity (Wildman–Crippen MR) is 167 cm³/mol. The van der Waals surface area contributed by atoms with Gasteiger partial charge in [0.15, 0.2) is 10.9 Å². The molecule has 224 valence electrons. The fraction of sp³-hybridized carbons (Fsp3) is 0.344. The molecule has 42 heavy (non-hydrogen) atoms. The van der Waals surface area contributed by atoms with Gasteiger partial charge in [-0.3, -0.25) is 14.2 Å². The van der Waals surface area contributed by atoms with Gasteiger partial charge in [0, 0.05) is 18.8 Å². The third-order valence-electron chi connectivity index (χ3n) is 6.70. The minimum atomic E-state index is -3.39. The molecule has 8 nitrogen and oxygen atoms in total. The maximum Gasteiger partial charge on any atom is 0.328 e. The standard InChI is InChI=1S/C32H39N2O6PS/c1-23(32(37)39-21-27-10-6-4-7-11-27)34-31(36)30(22-41(38,24(2)33)40-18-19-42-25(3)35)20-26-14-16-29(17-15-26)28-12-8-5-9-13-28/h4-17,23-24,30H,18-22,33H2,1-3H3,(H,34,36)/p+1/t23-,24+,30-,41?/m0/s1. The van der Waals surface area contributed by atoms with Gasteiger partial charge in [-0.25, -0.2) is 4.79 Å². The molecule has 0 fully saturated rings. The maximum absolute atomic E-state index is 13.9. The van der Waals surface area contributed by atoms with Crippen molar-refractivity contribution in [3.63, 3.8) is 0 Å². The van der Waals surface area contributed by atoms with Crippen LogP contribution in [0.2, 0.25) is 0 Å². The number of esters is 1. The molecule has 0 bridgehead atoms. The first kappa shape index (κ1) is 33.3. The summed E-state index contributed by atoms with van der Waals surface area (Å²) in [6, 6.07) is 26.2. The van der Waals surface area contributed by atoms with Gasteiger partial charge in [0.1, 0.15) is 12.6 Å². The van der Waals surface area contributed by atoms with Crippen LogP contribution in [-0.2, 0) is 41.2 Å². The molecular formula is C32H40N2O6PS+. The zero-order chi connectivity index (χ0) is 30.5. The highest BCUT2D eigenvalue weighted by molar-refractivity contribution is 8.13. The first-order valence-corrected chi connectivity index (χ1v) is 16.8. The van der Waals surface area contributed by atoms with Gasteiger partial charge in [0.2, 0.25) is 5.91 Å². The van der Waals surface area contributed by atoms with Crippen LogP contribution in [0.5, 0.6) is 0 Å². The Morgan fingerprint density at radius 3 is 2.07 bits per heavy atom. The number of quaternary nitrogens is 1. The van der Waals surface area contributed by atoms with Gasteiger partial charge in [-0.1, -0.05) is 96.7 Å². The normalized spacial score (nSPS) is 14.7. The van der Waals surface area contributed by atoms with Crippen LogP contribution < -0.4 is 11.1 Å². The van der Waals surface area contributed by atoms with Crippen molar-refractivity contribution in [1.82, 2.24) is 5.32 Å². The number of hydrogen-bond donors (Lipinski definition) is 2. The average molecular weight is 612 g/mol. The summed E-state index contributed by atoms with van der Waals surface area (Å²) >= 11 is 1.09. The van der Waals surface area contributed by atoms with E-state index in [1.54, 1.807) is 13.8 Å². The number of thioether (sulfide) groups is 1. The molecule has 0 saturated carbocycles. The highest BCUT2D eigenvalue weighted by Crippen LogP contribution is 2.51. The van der Waals surface area contributed by atoms with Crippen LogP contribution in [0.1, 0.15) is 31.9 Å². The minimum Gasteiger partial charge on any atom is -0.459 e. The molecule has 10 heteroatoms. The monoisotopic (exact) mass is 611 g/mol. The largest absolute Gasteiger partial charge is 0.459 e. The zero-order valence-electron chi connectivity index (χ0n) is 24.4. The van der Waals surface area contributed by atoms with Gasteiger partial charge in [-0.15, -0.1) is 0 Å². The molecule has 0 radical (unpaired) electrons. The van der Waals surface area contributed by atoms with E-state index < -0.39 is 37.0 Å². The first-order chi connectivity index (χ1) is 20.1. The third-order valence-corrected chi connectivity index (χ3v) is 10.4. The Balaban J connectivity index is 1.75. The molecule has 0 aliphatic rings. The fourth-order valence-corrected chi connectivity index (χ4v) is 6.88. The lowest BCUT2D eigenvalue weighted by Gasteiger charge is -2.26. The molecule has 3 rings (SSSR count). The Bertz CT molecular complexity index is 1350. The second-order valence-electron chi connectivity index (χ2n) is 10.2. The Hall–Kier alpha value is -3.23. The van der Waals surface area contributed by atoms with Crippen LogP contribution in [0, 0.1) is 5.92 Å². The molecule has 0 heterocycles. The Morgan fingerprint density at radius 1 is 0.881 bits per heavy atom. The third kappa shape index (κ3) is 10.6. The molecule has 0 spiro atoms. The molecule has 1 unspecified atom stereocenters. The molecule has 3 aromatic rings. The molecule has 1 amide bonds. The van der Waals surface area contributed by atoms with Crippen LogP contribution in [0.3, 0.4) is 0 Å². The van der Waals surface area contributed by atoms with Crippen molar-refractivity contribution >= 4 is 36.1 Å². The van der Waals surface area contributed by atoms with Gasteiger partial charge >= 0.3 is 5.97 Å². The topological polar surface area (TPSA) is 126 Å². The van der Waals surface area contributed by atoms with Crippen molar-refractivity contribution in [1.29, 1.82) is 0 Å². The maximum atomic E-state index is 13.9. The molecule has 0 saturated heterocycles. The van der Waals surface area contributed by atoms with E-state index >= 15 is 0 Å².